The normalized spacial score (nSPS) is 12.0. The predicted molar refractivity (Wildman–Crippen MR) is 83.4 cm³/mol. The summed E-state index contributed by atoms with van der Waals surface area (Å²) in [5.41, 5.74) is 0.936. The highest BCUT2D eigenvalue weighted by Gasteiger charge is 2.36. The Labute approximate surface area is 143 Å². The molecule has 0 aliphatic carbocycles. The Balaban J connectivity index is 1.82. The number of aromatic nitrogens is 6. The molecule has 0 saturated carbocycles. The average Bonchev–Trinajstić information content (AvgIpc) is 3.22. The van der Waals surface area contributed by atoms with Crippen LogP contribution in [-0.2, 0) is 12.7 Å². The molecule has 0 amide bonds. The lowest BCUT2D eigenvalue weighted by Gasteiger charge is -2.04. The van der Waals surface area contributed by atoms with Crippen molar-refractivity contribution in [2.45, 2.75) is 12.7 Å². The zero-order valence-corrected chi connectivity index (χ0v) is 13.0. The van der Waals surface area contributed by atoms with E-state index in [0.717, 1.165) is 0 Å². The fraction of sp³-hybridized carbons (Fsp3) is 0.125. The molecule has 1 N–H and O–H groups in total. The predicted octanol–water partition coefficient (Wildman–Crippen LogP) is 3.42. The fourth-order valence-corrected chi connectivity index (χ4v) is 2.58. The molecule has 0 atom stereocenters. The summed E-state index contributed by atoms with van der Waals surface area (Å²) in [5.74, 6) is -1.76. The summed E-state index contributed by atoms with van der Waals surface area (Å²) in [6.07, 6.45) is -3.12. The summed E-state index contributed by atoms with van der Waals surface area (Å²) in [7, 11) is 0. The summed E-state index contributed by atoms with van der Waals surface area (Å²) in [6.45, 7) is 0.0699. The van der Waals surface area contributed by atoms with Crippen molar-refractivity contribution < 1.29 is 17.6 Å². The van der Waals surface area contributed by atoms with Crippen molar-refractivity contribution in [3.8, 4) is 11.5 Å². The molecule has 132 valence electrons. The topological polar surface area (TPSA) is 72.3 Å². The lowest BCUT2D eigenvalue weighted by atomic mass is 10.2. The van der Waals surface area contributed by atoms with Crippen molar-refractivity contribution in [1.82, 2.24) is 29.9 Å². The number of nitrogens with zero attached hydrogens (tertiary/aromatic N) is 5. The van der Waals surface area contributed by atoms with Crippen molar-refractivity contribution in [2.75, 3.05) is 0 Å². The van der Waals surface area contributed by atoms with Crippen LogP contribution >= 0.6 is 0 Å². The average molecular weight is 362 g/mol. The van der Waals surface area contributed by atoms with Crippen LogP contribution < -0.4 is 0 Å². The van der Waals surface area contributed by atoms with Gasteiger partial charge in [0, 0.05) is 11.8 Å². The molecule has 3 aromatic heterocycles. The molecule has 0 unspecified atom stereocenters. The van der Waals surface area contributed by atoms with E-state index in [2.05, 4.69) is 25.3 Å². The zero-order valence-electron chi connectivity index (χ0n) is 13.0. The zero-order chi connectivity index (χ0) is 18.3. The van der Waals surface area contributed by atoms with E-state index in [-0.39, 0.29) is 18.1 Å². The molecule has 0 saturated heterocycles. The molecule has 4 aromatic rings. The Kier molecular flexibility index (Phi) is 3.67. The number of H-pyrrole nitrogens is 1. The maximum atomic E-state index is 13.9. The van der Waals surface area contributed by atoms with Crippen LogP contribution in [0.5, 0.6) is 0 Å². The number of halogens is 4. The molecular weight excluding hydrogens is 352 g/mol. The van der Waals surface area contributed by atoms with E-state index in [4.69, 9.17) is 0 Å². The van der Waals surface area contributed by atoms with Crippen molar-refractivity contribution >= 4 is 11.0 Å². The van der Waals surface area contributed by atoms with E-state index in [1.165, 1.54) is 16.9 Å². The standard InChI is InChI=1S/C16H10F4N6/c17-11-6-2-1-4-9(11)8-26-14-10(5-3-7-21-14)12(25-26)13-22-15(24-23-13)16(18,19)20/h1-7H,8H2,(H,22,23,24). The largest absolute Gasteiger partial charge is 0.451 e. The summed E-state index contributed by atoms with van der Waals surface area (Å²) in [4.78, 5) is 6.33. The van der Waals surface area contributed by atoms with Gasteiger partial charge in [-0.2, -0.15) is 18.3 Å². The summed E-state index contributed by atoms with van der Waals surface area (Å²) in [5, 5.41) is 11.4. The third kappa shape index (κ3) is 2.79. The minimum atomic E-state index is -4.64. The van der Waals surface area contributed by atoms with E-state index < -0.39 is 17.8 Å². The molecule has 4 rings (SSSR count). The summed E-state index contributed by atoms with van der Waals surface area (Å²) in [6, 6.07) is 9.45. The molecule has 0 bridgehead atoms. The van der Waals surface area contributed by atoms with E-state index >= 15 is 0 Å². The van der Waals surface area contributed by atoms with Gasteiger partial charge in [-0.05, 0) is 18.2 Å². The molecule has 0 radical (unpaired) electrons. The van der Waals surface area contributed by atoms with E-state index in [1.807, 2.05) is 0 Å². The van der Waals surface area contributed by atoms with Crippen molar-refractivity contribution in [3.05, 3.63) is 59.8 Å². The van der Waals surface area contributed by atoms with Crippen LogP contribution in [0.25, 0.3) is 22.6 Å². The number of aromatic amines is 1. The molecule has 0 spiro atoms. The Morgan fingerprint density at radius 1 is 1.04 bits per heavy atom. The summed E-state index contributed by atoms with van der Waals surface area (Å²) < 4.78 is 53.6. The number of hydrogen-bond donors (Lipinski definition) is 1. The molecule has 26 heavy (non-hydrogen) atoms. The van der Waals surface area contributed by atoms with Crippen molar-refractivity contribution in [2.24, 2.45) is 0 Å². The second-order valence-corrected chi connectivity index (χ2v) is 5.49. The number of fused-ring (bicyclic) bond motifs is 1. The van der Waals surface area contributed by atoms with Gasteiger partial charge in [0.2, 0.25) is 5.82 Å². The van der Waals surface area contributed by atoms with Crippen LogP contribution in [0, 0.1) is 5.82 Å². The van der Waals surface area contributed by atoms with Crippen LogP contribution in [0.1, 0.15) is 11.4 Å². The molecule has 3 heterocycles. The second kappa shape index (κ2) is 5.90. The van der Waals surface area contributed by atoms with Crippen molar-refractivity contribution in [1.29, 1.82) is 0 Å². The number of hydrogen-bond acceptors (Lipinski definition) is 4. The van der Waals surface area contributed by atoms with Gasteiger partial charge in [-0.3, -0.25) is 0 Å². The Morgan fingerprint density at radius 3 is 2.58 bits per heavy atom. The van der Waals surface area contributed by atoms with Gasteiger partial charge in [0.1, 0.15) is 11.5 Å². The molecule has 1 aromatic carbocycles. The first-order valence-corrected chi connectivity index (χ1v) is 7.48. The maximum Gasteiger partial charge on any atom is 0.451 e. The highest BCUT2D eigenvalue weighted by atomic mass is 19.4. The first-order chi connectivity index (χ1) is 12.4. The maximum absolute atomic E-state index is 13.9. The molecule has 6 nitrogen and oxygen atoms in total. The molecule has 0 fully saturated rings. The minimum absolute atomic E-state index is 0.0699. The third-order valence-electron chi connectivity index (χ3n) is 3.76. The Hall–Kier alpha value is -3.30. The minimum Gasteiger partial charge on any atom is -0.316 e. The molecule has 10 heteroatoms. The Bertz CT molecular complexity index is 1080. The van der Waals surface area contributed by atoms with Gasteiger partial charge in [0.05, 0.1) is 11.9 Å². The summed E-state index contributed by atoms with van der Waals surface area (Å²) >= 11 is 0. The molecular formula is C16H10F4N6. The molecule has 0 aliphatic heterocycles. The smallest absolute Gasteiger partial charge is 0.316 e. The fourth-order valence-electron chi connectivity index (χ4n) is 2.58. The highest BCUT2D eigenvalue weighted by Crippen LogP contribution is 2.29. The van der Waals surface area contributed by atoms with Gasteiger partial charge in [0.15, 0.2) is 11.5 Å². The number of benzene rings is 1. The van der Waals surface area contributed by atoms with Gasteiger partial charge in [-0.1, -0.05) is 18.2 Å². The van der Waals surface area contributed by atoms with Crippen LogP contribution in [0.4, 0.5) is 17.6 Å². The van der Waals surface area contributed by atoms with E-state index in [0.29, 0.717) is 16.6 Å². The van der Waals surface area contributed by atoms with Crippen LogP contribution in [0.15, 0.2) is 42.6 Å². The first kappa shape index (κ1) is 16.2. The number of alkyl halides is 3. The van der Waals surface area contributed by atoms with Crippen LogP contribution in [-0.4, -0.2) is 29.9 Å². The van der Waals surface area contributed by atoms with Crippen LogP contribution in [0.3, 0.4) is 0 Å². The SMILES string of the molecule is Fc1ccccc1Cn1nc(-c2nnc(C(F)(F)F)[nH]2)c2cccnc21. The number of nitrogens with one attached hydrogen (secondary N) is 1. The number of pyridine rings is 1. The van der Waals surface area contributed by atoms with Gasteiger partial charge in [0.25, 0.3) is 0 Å². The van der Waals surface area contributed by atoms with Gasteiger partial charge >= 0.3 is 6.18 Å². The Morgan fingerprint density at radius 2 is 1.85 bits per heavy atom. The lowest BCUT2D eigenvalue weighted by Crippen LogP contribution is -2.07. The first-order valence-electron chi connectivity index (χ1n) is 7.48. The second-order valence-electron chi connectivity index (χ2n) is 5.49. The highest BCUT2D eigenvalue weighted by molar-refractivity contribution is 5.89. The lowest BCUT2D eigenvalue weighted by molar-refractivity contribution is -0.144. The quantitative estimate of drug-likeness (QED) is 0.567. The van der Waals surface area contributed by atoms with Crippen molar-refractivity contribution in [3.63, 3.8) is 0 Å². The van der Waals surface area contributed by atoms with Gasteiger partial charge in [-0.25, -0.2) is 14.1 Å². The van der Waals surface area contributed by atoms with E-state index in [1.54, 1.807) is 30.3 Å². The van der Waals surface area contributed by atoms with Crippen LogP contribution in [0.2, 0.25) is 0 Å². The third-order valence-corrected chi connectivity index (χ3v) is 3.76. The van der Waals surface area contributed by atoms with E-state index in [9.17, 15) is 17.6 Å². The van der Waals surface area contributed by atoms with Gasteiger partial charge in [-0.15, -0.1) is 10.2 Å². The van der Waals surface area contributed by atoms with Gasteiger partial charge < -0.3 is 4.98 Å². The number of rotatable bonds is 3. The molecule has 0 aliphatic rings. The monoisotopic (exact) mass is 362 g/mol.